The summed E-state index contributed by atoms with van der Waals surface area (Å²) < 4.78 is 6.53. The number of allylic oxidation sites excluding steroid dienone is 9. The molecular weight excluding hydrogens is 396 g/mol. The summed E-state index contributed by atoms with van der Waals surface area (Å²) in [6.07, 6.45) is 13.8. The van der Waals surface area contributed by atoms with Crippen molar-refractivity contribution in [2.24, 2.45) is 0 Å². The van der Waals surface area contributed by atoms with Crippen molar-refractivity contribution in [3.05, 3.63) is 125 Å². The third-order valence-electron chi connectivity index (χ3n) is 6.18. The van der Waals surface area contributed by atoms with Gasteiger partial charge in [0.25, 0.3) is 0 Å². The van der Waals surface area contributed by atoms with Crippen molar-refractivity contribution in [3.8, 4) is 0 Å². The molecule has 1 unspecified atom stereocenters. The van der Waals surface area contributed by atoms with Crippen molar-refractivity contribution in [1.29, 1.82) is 0 Å². The second-order valence-corrected chi connectivity index (χ2v) is 8.31. The van der Waals surface area contributed by atoms with Crippen LogP contribution < -0.4 is 0 Å². The zero-order chi connectivity index (χ0) is 22.0. The first-order chi connectivity index (χ1) is 15.7. The lowest BCUT2D eigenvalue weighted by atomic mass is 9.78. The number of Topliss-reactive ketones (excluding diaryl/α,β-unsaturated/α-hetero) is 2. The van der Waals surface area contributed by atoms with Crippen LogP contribution in [0.2, 0.25) is 0 Å². The molecular formula is C29H24O3. The van der Waals surface area contributed by atoms with Gasteiger partial charge >= 0.3 is 0 Å². The number of ketones is 2. The molecule has 2 aliphatic carbocycles. The predicted octanol–water partition coefficient (Wildman–Crippen LogP) is 6.01. The zero-order valence-corrected chi connectivity index (χ0v) is 17.8. The number of ether oxygens (including phenoxy) is 1. The van der Waals surface area contributed by atoms with Gasteiger partial charge in [0.1, 0.15) is 0 Å². The predicted molar refractivity (Wildman–Crippen MR) is 125 cm³/mol. The van der Waals surface area contributed by atoms with Crippen LogP contribution in [-0.4, -0.2) is 11.6 Å². The topological polar surface area (TPSA) is 43.4 Å². The van der Waals surface area contributed by atoms with Gasteiger partial charge in [-0.1, -0.05) is 91.0 Å². The largest absolute Gasteiger partial charge is 0.474 e. The summed E-state index contributed by atoms with van der Waals surface area (Å²) in [7, 11) is 0. The Morgan fingerprint density at radius 3 is 2.44 bits per heavy atom. The monoisotopic (exact) mass is 420 g/mol. The van der Waals surface area contributed by atoms with Crippen LogP contribution in [0.4, 0.5) is 0 Å². The van der Waals surface area contributed by atoms with Gasteiger partial charge in [-0.3, -0.25) is 9.59 Å². The molecule has 0 saturated heterocycles. The minimum Gasteiger partial charge on any atom is -0.474 e. The van der Waals surface area contributed by atoms with Crippen LogP contribution >= 0.6 is 0 Å². The number of carbonyl (C=O) groups is 2. The van der Waals surface area contributed by atoms with E-state index in [-0.39, 0.29) is 18.0 Å². The molecule has 0 bridgehead atoms. The van der Waals surface area contributed by atoms with Crippen molar-refractivity contribution in [2.45, 2.75) is 31.3 Å². The molecule has 0 spiro atoms. The second-order valence-electron chi connectivity index (χ2n) is 8.31. The minimum atomic E-state index is -1.05. The van der Waals surface area contributed by atoms with E-state index in [1.807, 2.05) is 91.0 Å². The van der Waals surface area contributed by atoms with E-state index in [1.54, 1.807) is 0 Å². The molecule has 0 N–H and O–H groups in total. The van der Waals surface area contributed by atoms with Crippen LogP contribution in [0.1, 0.15) is 36.8 Å². The molecule has 2 aromatic rings. The maximum absolute atomic E-state index is 13.4. The Bertz CT molecular complexity index is 1210. The molecule has 3 nitrogen and oxygen atoms in total. The van der Waals surface area contributed by atoms with Crippen LogP contribution in [-0.2, 0) is 19.9 Å². The molecule has 3 aliphatic rings. The van der Waals surface area contributed by atoms with Gasteiger partial charge in [0.2, 0.25) is 5.78 Å². The molecule has 5 rings (SSSR count). The van der Waals surface area contributed by atoms with E-state index < -0.39 is 5.60 Å². The summed E-state index contributed by atoms with van der Waals surface area (Å²) in [4.78, 5) is 26.3. The smallest absolute Gasteiger partial charge is 0.201 e. The van der Waals surface area contributed by atoms with E-state index in [0.29, 0.717) is 12.2 Å². The molecule has 2 aromatic carbocycles. The molecule has 0 fully saturated rings. The van der Waals surface area contributed by atoms with Gasteiger partial charge < -0.3 is 4.74 Å². The number of carbonyl (C=O) groups excluding carboxylic acids is 2. The third kappa shape index (κ3) is 3.71. The maximum Gasteiger partial charge on any atom is 0.201 e. The summed E-state index contributed by atoms with van der Waals surface area (Å²) >= 11 is 0. The average molecular weight is 421 g/mol. The van der Waals surface area contributed by atoms with Crippen LogP contribution in [0.25, 0.3) is 5.57 Å². The first kappa shape index (κ1) is 20.2. The SMILES string of the molecule is O=C(CC1(c2ccccc2)C=C(c2ccccc2)C2=C(O1)C(=O)CC=C2)C1=CC=CCC1. The molecule has 1 heterocycles. The minimum absolute atomic E-state index is 0.0460. The van der Waals surface area contributed by atoms with Gasteiger partial charge in [0.15, 0.2) is 17.1 Å². The van der Waals surface area contributed by atoms with Crippen molar-refractivity contribution >= 4 is 17.1 Å². The summed E-state index contributed by atoms with van der Waals surface area (Å²) in [5, 5.41) is 0. The van der Waals surface area contributed by atoms with Crippen molar-refractivity contribution in [2.75, 3.05) is 0 Å². The highest BCUT2D eigenvalue weighted by Crippen LogP contribution is 2.46. The second kappa shape index (κ2) is 8.43. The van der Waals surface area contributed by atoms with E-state index in [0.717, 1.165) is 40.7 Å². The van der Waals surface area contributed by atoms with E-state index in [9.17, 15) is 9.59 Å². The van der Waals surface area contributed by atoms with Crippen LogP contribution in [0.5, 0.6) is 0 Å². The highest BCUT2D eigenvalue weighted by Gasteiger charge is 2.42. The standard InChI is InChI=1S/C29H24O3/c30-26-18-10-17-24-25(21-11-4-1-5-12-21)19-29(32-28(24)26,23-15-8-3-9-16-23)20-27(31)22-13-6-2-7-14-22/h1-6,8-13,15-17,19H,7,14,18,20H2. The Hall–Kier alpha value is -3.72. The summed E-state index contributed by atoms with van der Waals surface area (Å²) in [6.45, 7) is 0. The lowest BCUT2D eigenvalue weighted by molar-refractivity contribution is -0.126. The summed E-state index contributed by atoms with van der Waals surface area (Å²) in [6, 6.07) is 19.7. The van der Waals surface area contributed by atoms with Gasteiger partial charge in [-0.25, -0.2) is 0 Å². The van der Waals surface area contributed by atoms with Crippen LogP contribution in [0.15, 0.2) is 114 Å². The maximum atomic E-state index is 13.4. The van der Waals surface area contributed by atoms with Crippen molar-refractivity contribution in [1.82, 2.24) is 0 Å². The molecule has 32 heavy (non-hydrogen) atoms. The lowest BCUT2D eigenvalue weighted by Gasteiger charge is -2.38. The lowest BCUT2D eigenvalue weighted by Crippen LogP contribution is -2.36. The van der Waals surface area contributed by atoms with E-state index in [4.69, 9.17) is 4.74 Å². The molecule has 1 aliphatic heterocycles. The normalized spacial score (nSPS) is 22.1. The van der Waals surface area contributed by atoms with Crippen molar-refractivity contribution in [3.63, 3.8) is 0 Å². The average Bonchev–Trinajstić information content (AvgIpc) is 2.86. The molecule has 0 radical (unpaired) electrons. The molecule has 0 aromatic heterocycles. The molecule has 0 saturated carbocycles. The molecule has 158 valence electrons. The first-order valence-corrected chi connectivity index (χ1v) is 11.0. The summed E-state index contributed by atoms with van der Waals surface area (Å²) in [5.74, 6) is 0.337. The first-order valence-electron chi connectivity index (χ1n) is 11.0. The fourth-order valence-electron chi connectivity index (χ4n) is 4.54. The van der Waals surface area contributed by atoms with E-state index in [1.165, 1.54) is 0 Å². The molecule has 0 amide bonds. The number of hydrogen-bond acceptors (Lipinski definition) is 3. The van der Waals surface area contributed by atoms with Gasteiger partial charge in [0, 0.05) is 12.0 Å². The van der Waals surface area contributed by atoms with Crippen LogP contribution in [0.3, 0.4) is 0 Å². The number of rotatable bonds is 5. The fraction of sp³-hybridized carbons (Fsp3) is 0.172. The Kier molecular flexibility index (Phi) is 5.32. The van der Waals surface area contributed by atoms with Crippen molar-refractivity contribution < 1.29 is 14.3 Å². The van der Waals surface area contributed by atoms with E-state index >= 15 is 0 Å². The quantitative estimate of drug-likeness (QED) is 0.595. The number of benzene rings is 2. The van der Waals surface area contributed by atoms with Gasteiger partial charge in [-0.05, 0) is 41.2 Å². The molecule has 1 atom stereocenters. The third-order valence-corrected chi connectivity index (χ3v) is 6.18. The van der Waals surface area contributed by atoms with Gasteiger partial charge in [0.05, 0.1) is 6.42 Å². The van der Waals surface area contributed by atoms with E-state index in [2.05, 4.69) is 6.08 Å². The number of hydrogen-bond donors (Lipinski definition) is 0. The summed E-state index contributed by atoms with van der Waals surface area (Å²) in [5.41, 5.74) is 3.32. The van der Waals surface area contributed by atoms with Gasteiger partial charge in [-0.15, -0.1) is 0 Å². The Labute approximate surface area is 188 Å². The highest BCUT2D eigenvalue weighted by molar-refractivity contribution is 6.04. The van der Waals surface area contributed by atoms with Crippen LogP contribution in [0, 0.1) is 0 Å². The zero-order valence-electron chi connectivity index (χ0n) is 17.8. The fourth-order valence-corrected chi connectivity index (χ4v) is 4.54. The van der Waals surface area contributed by atoms with Gasteiger partial charge in [-0.2, -0.15) is 0 Å². The Morgan fingerprint density at radius 1 is 0.969 bits per heavy atom. The Balaban J connectivity index is 1.68. The molecule has 3 heteroatoms. The Morgan fingerprint density at radius 2 is 1.72 bits per heavy atom. The highest BCUT2D eigenvalue weighted by atomic mass is 16.5.